The van der Waals surface area contributed by atoms with Crippen molar-refractivity contribution in [1.82, 2.24) is 20.0 Å². The first kappa shape index (κ1) is 17.3. The van der Waals surface area contributed by atoms with Crippen molar-refractivity contribution in [3.63, 3.8) is 0 Å². The Kier molecular flexibility index (Phi) is 4.89. The van der Waals surface area contributed by atoms with Crippen LogP contribution in [0.25, 0.3) is 0 Å². The second-order valence-corrected chi connectivity index (χ2v) is 6.72. The van der Waals surface area contributed by atoms with Gasteiger partial charge in [-0.25, -0.2) is 0 Å². The highest BCUT2D eigenvalue weighted by molar-refractivity contribution is 5.92. The molecule has 1 aliphatic rings. The minimum Gasteiger partial charge on any atom is -0.335 e. The molecule has 27 heavy (non-hydrogen) atoms. The SMILES string of the molecule is O=C(c1cc(=O)[nH][nH]1)N1CCN(C(c2ccccc2)c2ccccc2)CC1. The molecule has 1 amide bonds. The molecule has 6 nitrogen and oxygen atoms in total. The van der Waals surface area contributed by atoms with Crippen molar-refractivity contribution in [3.05, 3.63) is 93.9 Å². The summed E-state index contributed by atoms with van der Waals surface area (Å²) in [5.74, 6) is -0.135. The molecule has 0 saturated carbocycles. The molecular weight excluding hydrogens is 340 g/mol. The van der Waals surface area contributed by atoms with Gasteiger partial charge in [0, 0.05) is 32.2 Å². The fourth-order valence-corrected chi connectivity index (χ4v) is 3.69. The maximum atomic E-state index is 12.5. The molecule has 1 fully saturated rings. The molecule has 3 aromatic rings. The van der Waals surface area contributed by atoms with Crippen molar-refractivity contribution >= 4 is 5.91 Å². The number of carbonyl (C=O) groups is 1. The highest BCUT2D eigenvalue weighted by Gasteiger charge is 2.28. The summed E-state index contributed by atoms with van der Waals surface area (Å²) in [6.45, 7) is 2.80. The summed E-state index contributed by atoms with van der Waals surface area (Å²) >= 11 is 0. The smallest absolute Gasteiger partial charge is 0.272 e. The lowest BCUT2D eigenvalue weighted by atomic mass is 9.96. The van der Waals surface area contributed by atoms with E-state index in [1.165, 1.54) is 17.2 Å². The Bertz CT molecular complexity index is 901. The van der Waals surface area contributed by atoms with Crippen LogP contribution < -0.4 is 5.56 Å². The van der Waals surface area contributed by atoms with Crippen LogP contribution in [0.2, 0.25) is 0 Å². The van der Waals surface area contributed by atoms with E-state index in [0.29, 0.717) is 18.8 Å². The molecule has 1 aromatic heterocycles. The molecule has 0 radical (unpaired) electrons. The molecule has 1 aliphatic heterocycles. The molecule has 6 heteroatoms. The number of benzene rings is 2. The molecule has 138 valence electrons. The first-order valence-electron chi connectivity index (χ1n) is 9.13. The number of rotatable bonds is 4. The Morgan fingerprint density at radius 1 is 0.815 bits per heavy atom. The van der Waals surface area contributed by atoms with Gasteiger partial charge in [0.2, 0.25) is 0 Å². The third-order valence-corrected chi connectivity index (χ3v) is 5.02. The van der Waals surface area contributed by atoms with Crippen molar-refractivity contribution in [2.45, 2.75) is 6.04 Å². The summed E-state index contributed by atoms with van der Waals surface area (Å²) in [6.07, 6.45) is 0. The van der Waals surface area contributed by atoms with Crippen LogP contribution in [-0.4, -0.2) is 52.1 Å². The van der Waals surface area contributed by atoms with Crippen LogP contribution in [-0.2, 0) is 0 Å². The predicted molar refractivity (Wildman–Crippen MR) is 104 cm³/mol. The van der Waals surface area contributed by atoms with Gasteiger partial charge in [0.1, 0.15) is 5.69 Å². The van der Waals surface area contributed by atoms with Crippen molar-refractivity contribution in [3.8, 4) is 0 Å². The largest absolute Gasteiger partial charge is 0.335 e. The molecule has 0 unspecified atom stereocenters. The second kappa shape index (κ2) is 7.63. The van der Waals surface area contributed by atoms with Crippen LogP contribution in [0.5, 0.6) is 0 Å². The first-order chi connectivity index (χ1) is 13.2. The van der Waals surface area contributed by atoms with Gasteiger partial charge in [-0.05, 0) is 11.1 Å². The van der Waals surface area contributed by atoms with Crippen LogP contribution in [0.3, 0.4) is 0 Å². The van der Waals surface area contributed by atoms with E-state index in [4.69, 9.17) is 0 Å². The van der Waals surface area contributed by atoms with Crippen LogP contribution in [0.15, 0.2) is 71.5 Å². The maximum Gasteiger partial charge on any atom is 0.272 e. The normalized spacial score (nSPS) is 15.2. The van der Waals surface area contributed by atoms with Gasteiger partial charge >= 0.3 is 0 Å². The molecule has 0 bridgehead atoms. The number of nitrogens with one attached hydrogen (secondary N) is 2. The van der Waals surface area contributed by atoms with E-state index in [0.717, 1.165) is 13.1 Å². The van der Waals surface area contributed by atoms with E-state index in [1.54, 1.807) is 4.90 Å². The van der Waals surface area contributed by atoms with Gasteiger partial charge in [-0.2, -0.15) is 0 Å². The van der Waals surface area contributed by atoms with Crippen LogP contribution in [0.1, 0.15) is 27.7 Å². The minimum atomic E-state index is -0.287. The highest BCUT2D eigenvalue weighted by Crippen LogP contribution is 2.29. The summed E-state index contributed by atoms with van der Waals surface area (Å²) < 4.78 is 0. The molecule has 0 atom stereocenters. The zero-order valence-electron chi connectivity index (χ0n) is 15.0. The van der Waals surface area contributed by atoms with E-state index >= 15 is 0 Å². The van der Waals surface area contributed by atoms with Gasteiger partial charge in [-0.3, -0.25) is 24.7 Å². The van der Waals surface area contributed by atoms with Gasteiger partial charge in [0.25, 0.3) is 11.5 Å². The van der Waals surface area contributed by atoms with E-state index in [1.807, 2.05) is 12.1 Å². The Labute approximate surface area is 157 Å². The Balaban J connectivity index is 1.52. The van der Waals surface area contributed by atoms with Gasteiger partial charge < -0.3 is 4.90 Å². The number of H-pyrrole nitrogens is 2. The van der Waals surface area contributed by atoms with Crippen molar-refractivity contribution < 1.29 is 4.79 Å². The molecule has 2 N–H and O–H groups in total. The Morgan fingerprint density at radius 3 is 1.85 bits per heavy atom. The lowest BCUT2D eigenvalue weighted by molar-refractivity contribution is 0.0592. The van der Waals surface area contributed by atoms with E-state index in [-0.39, 0.29) is 17.5 Å². The molecule has 1 saturated heterocycles. The number of carbonyl (C=O) groups excluding carboxylic acids is 1. The monoisotopic (exact) mass is 362 g/mol. The molecule has 2 aromatic carbocycles. The standard InChI is InChI=1S/C21H22N4O2/c26-19-15-18(22-23-19)21(27)25-13-11-24(12-14-25)20(16-7-3-1-4-8-16)17-9-5-2-6-10-17/h1-10,15,20H,11-14H2,(H2,22,23,26). The molecule has 0 aliphatic carbocycles. The van der Waals surface area contributed by atoms with Crippen molar-refractivity contribution in [1.29, 1.82) is 0 Å². The highest BCUT2D eigenvalue weighted by atomic mass is 16.2. The Morgan fingerprint density at radius 2 is 1.37 bits per heavy atom. The molecule has 4 rings (SSSR count). The third-order valence-electron chi connectivity index (χ3n) is 5.02. The van der Waals surface area contributed by atoms with Crippen molar-refractivity contribution in [2.24, 2.45) is 0 Å². The Hall–Kier alpha value is -3.12. The average molecular weight is 362 g/mol. The fraction of sp³-hybridized carbons (Fsp3) is 0.238. The van der Waals surface area contributed by atoms with E-state index in [9.17, 15) is 9.59 Å². The minimum absolute atomic E-state index is 0.135. The molecule has 0 spiro atoms. The van der Waals surface area contributed by atoms with Crippen LogP contribution in [0.4, 0.5) is 0 Å². The zero-order chi connectivity index (χ0) is 18.6. The van der Waals surface area contributed by atoms with Gasteiger partial charge in [-0.15, -0.1) is 0 Å². The summed E-state index contributed by atoms with van der Waals surface area (Å²) in [6, 6.07) is 22.4. The number of hydrogen-bond acceptors (Lipinski definition) is 3. The number of aromatic amines is 2. The number of nitrogens with zero attached hydrogens (tertiary/aromatic N) is 2. The first-order valence-corrected chi connectivity index (χ1v) is 9.13. The topological polar surface area (TPSA) is 72.2 Å². The summed E-state index contributed by atoms with van der Waals surface area (Å²) in [5, 5.41) is 5.07. The number of aromatic nitrogens is 2. The molecule has 2 heterocycles. The zero-order valence-corrected chi connectivity index (χ0v) is 15.0. The lowest BCUT2D eigenvalue weighted by Crippen LogP contribution is -2.50. The summed E-state index contributed by atoms with van der Waals surface area (Å²) in [7, 11) is 0. The number of amides is 1. The molecular formula is C21H22N4O2. The second-order valence-electron chi connectivity index (χ2n) is 6.72. The van der Waals surface area contributed by atoms with Crippen LogP contribution in [0, 0.1) is 0 Å². The number of piperazine rings is 1. The lowest BCUT2D eigenvalue weighted by Gasteiger charge is -2.39. The number of hydrogen-bond donors (Lipinski definition) is 2. The third kappa shape index (κ3) is 3.71. The van der Waals surface area contributed by atoms with Crippen molar-refractivity contribution in [2.75, 3.05) is 26.2 Å². The quantitative estimate of drug-likeness (QED) is 0.748. The van der Waals surface area contributed by atoms with E-state index < -0.39 is 0 Å². The van der Waals surface area contributed by atoms with Gasteiger partial charge in [0.15, 0.2) is 0 Å². The van der Waals surface area contributed by atoms with Crippen LogP contribution >= 0.6 is 0 Å². The average Bonchev–Trinajstić information content (AvgIpc) is 3.16. The predicted octanol–water partition coefficient (Wildman–Crippen LogP) is 2.25. The fourth-order valence-electron chi connectivity index (χ4n) is 3.69. The van der Waals surface area contributed by atoms with Gasteiger partial charge in [-0.1, -0.05) is 60.7 Å². The summed E-state index contributed by atoms with van der Waals surface area (Å²) in [5.41, 5.74) is 2.53. The van der Waals surface area contributed by atoms with E-state index in [2.05, 4.69) is 63.6 Å². The van der Waals surface area contributed by atoms with Gasteiger partial charge in [0.05, 0.1) is 6.04 Å². The summed E-state index contributed by atoms with van der Waals surface area (Å²) in [4.78, 5) is 28.0. The maximum absolute atomic E-state index is 12.5.